The summed E-state index contributed by atoms with van der Waals surface area (Å²) in [6.07, 6.45) is 39.8. The van der Waals surface area contributed by atoms with E-state index in [0.29, 0.717) is 96.8 Å². The van der Waals surface area contributed by atoms with Crippen molar-refractivity contribution in [1.82, 2.24) is 44.7 Å². The lowest BCUT2D eigenvalue weighted by Gasteiger charge is -2.26. The van der Waals surface area contributed by atoms with Crippen molar-refractivity contribution in [2.24, 2.45) is 17.6 Å². The number of benzene rings is 4. The van der Waals surface area contributed by atoms with Crippen LogP contribution in [-0.4, -0.2) is 111 Å². The maximum absolute atomic E-state index is 14.9. The van der Waals surface area contributed by atoms with Gasteiger partial charge in [-0.25, -0.2) is 22.2 Å². The molecule has 13 aromatic rings. The van der Waals surface area contributed by atoms with Crippen LogP contribution < -0.4 is 30.4 Å². The Morgan fingerprint density at radius 2 is 0.883 bits per heavy atom. The highest BCUT2D eigenvalue weighted by atomic mass is 35.5. The van der Waals surface area contributed by atoms with Crippen LogP contribution in [0.25, 0.3) is 51.4 Å². The third kappa shape index (κ3) is 23.6. The normalized spacial score (nSPS) is 14.0. The number of nitrogens with zero attached hydrogens (tertiary/aromatic N) is 10. The molecule has 0 bridgehead atoms. The van der Waals surface area contributed by atoms with Crippen LogP contribution in [-0.2, 0) is 38.6 Å². The second kappa shape index (κ2) is 40.5. The number of thiophene rings is 4. The number of ketones is 2. The van der Waals surface area contributed by atoms with Crippen molar-refractivity contribution in [3.8, 4) is 93.6 Å². The van der Waals surface area contributed by atoms with Gasteiger partial charge in [0.1, 0.15) is 52.7 Å². The molecule has 5 aliphatic rings. The number of ether oxygens (including phenoxy) is 4. The van der Waals surface area contributed by atoms with Gasteiger partial charge in [-0.3, -0.25) is 49.2 Å². The van der Waals surface area contributed by atoms with E-state index >= 15 is 0 Å². The summed E-state index contributed by atoms with van der Waals surface area (Å²) in [7, 11) is 0. The molecule has 0 spiro atoms. The molecule has 0 radical (unpaired) electrons. The smallest absolute Gasteiger partial charge is 0.272 e. The van der Waals surface area contributed by atoms with Crippen LogP contribution >= 0.6 is 56.9 Å². The van der Waals surface area contributed by atoms with Crippen molar-refractivity contribution in [3.05, 3.63) is 211 Å². The van der Waals surface area contributed by atoms with Crippen molar-refractivity contribution < 1.29 is 60.6 Å². The fraction of sp³-hybridized carbons (Fsp3) is 0.281. The maximum Gasteiger partial charge on any atom is 0.272 e. The highest BCUT2D eigenvalue weighted by molar-refractivity contribution is 7.22. The van der Waals surface area contributed by atoms with Crippen molar-refractivity contribution in [1.29, 1.82) is 0 Å². The SMILES string of the molecule is C#Cc1cc2nccc(Oc3ccc(CC(=O)CC4CC4)cc3F)c2s1.C#Cc1cc2nccc(Oc3ccc(N)cc3F)c2s1.C#Cc1cc2nccc(Oc3ccc([N+](=O)[O-])cc3F)c2s1.NC1CC1.O=C(CCl)N1CCCCC1.O=C(Cc1ccc(Oc2ccnc3cc(-c4cn(CC(=O)N5CCCCC5)nn4)sc23)c(F)c1)CC1CC1. The molecule has 0 unspecified atom stereocenters. The number of anilines is 1. The molecule has 0 atom stereocenters. The number of fused-ring (bicyclic) bond motifs is 4. The minimum Gasteiger partial charge on any atom is -0.453 e. The molecule has 22 nitrogen and oxygen atoms in total. The Morgan fingerprint density at radius 1 is 0.500 bits per heavy atom. The highest BCUT2D eigenvalue weighted by Crippen LogP contribution is 2.43. The summed E-state index contributed by atoms with van der Waals surface area (Å²) in [5, 5.41) is 19.0. The summed E-state index contributed by atoms with van der Waals surface area (Å²) in [6, 6.07) is 31.3. The lowest BCUT2D eigenvalue weighted by Crippen LogP contribution is -2.37. The van der Waals surface area contributed by atoms with Gasteiger partial charge in [0.15, 0.2) is 46.3 Å². The summed E-state index contributed by atoms with van der Waals surface area (Å²) in [5.74, 6) is 9.11. The number of piperidine rings is 2. The first-order valence-corrected chi connectivity index (χ1v) is 42.5. The Morgan fingerprint density at radius 3 is 1.26 bits per heavy atom. The summed E-state index contributed by atoms with van der Waals surface area (Å²) < 4.78 is 84.4. The Bertz CT molecular complexity index is 6050. The summed E-state index contributed by atoms with van der Waals surface area (Å²) in [4.78, 5) is 81.4. The number of carbonyl (C=O) groups excluding carboxylic acids is 4. The number of terminal acetylenes is 3. The summed E-state index contributed by atoms with van der Waals surface area (Å²) in [6.45, 7) is 3.57. The molecule has 2 aliphatic heterocycles. The molecule has 120 heavy (non-hydrogen) atoms. The number of Topliss-reactive ketones (excluding diaryl/α,β-unsaturated/α-hetero) is 2. The molecule has 614 valence electrons. The Balaban J connectivity index is 0.000000134. The van der Waals surface area contributed by atoms with Crippen molar-refractivity contribution in [3.63, 3.8) is 0 Å². The van der Waals surface area contributed by atoms with E-state index in [1.165, 1.54) is 114 Å². The number of hydrogen-bond donors (Lipinski definition) is 2. The second-order valence-corrected chi connectivity index (χ2v) is 33.3. The zero-order valence-electron chi connectivity index (χ0n) is 64.7. The Hall–Kier alpha value is -12.2. The highest BCUT2D eigenvalue weighted by Gasteiger charge is 2.27. The molecular formula is C89H79ClF4N12O10S4. The maximum atomic E-state index is 14.9. The minimum absolute atomic E-state index is 0.0511. The van der Waals surface area contributed by atoms with Crippen molar-refractivity contribution >= 4 is 133 Å². The number of rotatable bonds is 21. The van der Waals surface area contributed by atoms with Gasteiger partial charge in [0, 0.05) is 125 Å². The van der Waals surface area contributed by atoms with Gasteiger partial charge in [-0.2, -0.15) is 0 Å². The zero-order valence-corrected chi connectivity index (χ0v) is 68.7. The van der Waals surface area contributed by atoms with Crippen LogP contribution in [0.15, 0.2) is 152 Å². The molecule has 11 heterocycles. The fourth-order valence-electron chi connectivity index (χ4n) is 12.6. The van der Waals surface area contributed by atoms with Crippen LogP contribution in [0.2, 0.25) is 0 Å². The number of nitro groups is 1. The minimum atomic E-state index is -0.812. The Kier molecular flexibility index (Phi) is 28.9. The van der Waals surface area contributed by atoms with Crippen LogP contribution in [0.5, 0.6) is 46.0 Å². The molecule has 2 amide bonds. The van der Waals surface area contributed by atoms with E-state index in [1.807, 2.05) is 15.9 Å². The van der Waals surface area contributed by atoms with Gasteiger partial charge in [0.2, 0.25) is 11.8 Å². The first kappa shape index (κ1) is 85.7. The Labute approximate surface area is 709 Å². The van der Waals surface area contributed by atoms with E-state index in [2.05, 4.69) is 48.0 Å². The third-order valence-corrected chi connectivity index (χ3v) is 24.0. The molecule has 3 aliphatic carbocycles. The molecule has 18 rings (SSSR count). The van der Waals surface area contributed by atoms with E-state index in [9.17, 15) is 46.9 Å². The van der Waals surface area contributed by atoms with E-state index in [1.54, 1.807) is 102 Å². The monoisotopic (exact) mass is 1710 g/mol. The number of non-ortho nitro benzene ring substituents is 1. The standard InChI is InChI=1S/C28H28FN5O3S.C21H16FNO2S.C15H7FN2O3S.C15H9FN2OS.C7H12ClNO.C3H7N/c29-21-14-19(13-20(35)12-18-4-5-18)6-7-24(21)37-25-8-9-30-22-15-26(38-28(22)25)23-16-34(32-31-23)17-27(36)33-10-2-1-3-11-33;1-2-16-12-18-21(26-16)20(7-8-23-18)25-19-6-5-14(11-17(19)22)10-15(24)9-13-3-4-13;1-2-10-8-12-15(22-10)14(5-6-17-12)21-13-4-3-9(18(19)20)7-11(13)16;1-2-10-8-12-15(20-10)14(5-6-18-12)19-13-4-3-9(17)7-11(13)16;8-6-7(10)9-4-2-1-3-5-9;4-3-1-2-3/h6-9,14-16,18H,1-5,10-13,17H2;1,5-8,11-13H,3-4,9-10H2;1,3-8H;1,3-8H,17H2;1-6H2;3H,1-2,4H2. The molecule has 9 aromatic heterocycles. The van der Waals surface area contributed by atoms with Crippen LogP contribution in [0.1, 0.15) is 116 Å². The predicted molar refractivity (Wildman–Crippen MR) is 459 cm³/mol. The number of nitrogen functional groups attached to an aromatic ring is 1. The number of aromatic nitrogens is 7. The van der Waals surface area contributed by atoms with Gasteiger partial charge in [-0.05, 0) is 167 Å². The van der Waals surface area contributed by atoms with Crippen LogP contribution in [0.4, 0.5) is 28.9 Å². The first-order chi connectivity index (χ1) is 58.1. The zero-order chi connectivity index (χ0) is 84.3. The van der Waals surface area contributed by atoms with Crippen molar-refractivity contribution in [2.45, 2.75) is 115 Å². The van der Waals surface area contributed by atoms with Crippen molar-refractivity contribution in [2.75, 3.05) is 37.8 Å². The molecule has 2 saturated heterocycles. The number of carbonyl (C=O) groups is 4. The number of nitrogens with two attached hydrogens (primary N) is 2. The molecule has 4 aromatic carbocycles. The predicted octanol–water partition coefficient (Wildman–Crippen LogP) is 19.8. The van der Waals surface area contributed by atoms with E-state index in [4.69, 9.17) is 61.3 Å². The van der Waals surface area contributed by atoms with Gasteiger partial charge in [0.05, 0.1) is 77.6 Å². The topological polar surface area (TPSA) is 289 Å². The van der Waals surface area contributed by atoms with Crippen LogP contribution in [0, 0.1) is 82.3 Å². The number of nitro benzene ring substituents is 1. The molecule has 3 saturated carbocycles. The lowest BCUT2D eigenvalue weighted by atomic mass is 10.0. The summed E-state index contributed by atoms with van der Waals surface area (Å²) in [5.41, 5.74) is 15.5. The van der Waals surface area contributed by atoms with Gasteiger partial charge in [0.25, 0.3) is 5.69 Å². The molecule has 4 N–H and O–H groups in total. The fourth-order valence-corrected chi connectivity index (χ4v) is 16.4. The third-order valence-electron chi connectivity index (χ3n) is 19.4. The number of alkyl halides is 1. The average molecular weight is 1720 g/mol. The number of pyridine rings is 4. The van der Waals surface area contributed by atoms with Gasteiger partial charge in [-0.15, -0.1) is 81.3 Å². The first-order valence-electron chi connectivity index (χ1n) is 38.7. The number of likely N-dealkylation sites (tertiary alicyclic amines) is 2. The van der Waals surface area contributed by atoms with Gasteiger partial charge >= 0.3 is 0 Å². The van der Waals surface area contributed by atoms with Crippen LogP contribution in [0.3, 0.4) is 0 Å². The number of amides is 2. The number of halogens is 5. The van der Waals surface area contributed by atoms with E-state index in [-0.39, 0.29) is 77.3 Å². The summed E-state index contributed by atoms with van der Waals surface area (Å²) >= 11 is 10.9. The second-order valence-electron chi connectivity index (χ2n) is 28.9. The van der Waals surface area contributed by atoms with Gasteiger partial charge in [-0.1, -0.05) is 35.1 Å². The quantitative estimate of drug-likeness (QED) is 0.0169. The molecule has 5 fully saturated rings. The molecule has 31 heteroatoms. The van der Waals surface area contributed by atoms with E-state index in [0.717, 1.165) is 123 Å². The average Bonchev–Trinajstić information content (AvgIpc) is 1.66. The largest absolute Gasteiger partial charge is 0.453 e. The lowest BCUT2D eigenvalue weighted by molar-refractivity contribution is -0.385. The van der Waals surface area contributed by atoms with Gasteiger partial charge < -0.3 is 40.2 Å². The molecular weight excluding hydrogens is 1640 g/mol. The van der Waals surface area contributed by atoms with E-state index < -0.39 is 28.2 Å². The number of hydrogen-bond acceptors (Lipinski definition) is 22.